The summed E-state index contributed by atoms with van der Waals surface area (Å²) in [6.45, 7) is 15.1. The number of nitrogens with two attached hydrogens (primary N) is 1. The van der Waals surface area contributed by atoms with Gasteiger partial charge in [-0.1, -0.05) is 60.7 Å². The Morgan fingerprint density at radius 1 is 0.900 bits per heavy atom. The maximum absolute atomic E-state index is 11.3. The Morgan fingerprint density at radius 3 is 1.98 bits per heavy atom. The molecule has 0 saturated heterocycles. The molecule has 5 nitrogen and oxygen atoms in total. The van der Waals surface area contributed by atoms with Gasteiger partial charge in [-0.15, -0.1) is 0 Å². The van der Waals surface area contributed by atoms with Crippen molar-refractivity contribution in [3.05, 3.63) is 113 Å². The van der Waals surface area contributed by atoms with Crippen LogP contribution in [-0.4, -0.2) is 55.1 Å². The molecule has 5 heteroatoms. The minimum Gasteiger partial charge on any atom is -0.329 e. The van der Waals surface area contributed by atoms with E-state index in [-0.39, 0.29) is 10.8 Å². The Hall–Kier alpha value is -3.93. The van der Waals surface area contributed by atoms with E-state index in [2.05, 4.69) is 117 Å². The van der Waals surface area contributed by atoms with E-state index in [9.17, 15) is 4.79 Å². The number of hydrogen-bond acceptors (Lipinski definition) is 3. The smallest absolute Gasteiger partial charge is 0.214 e. The van der Waals surface area contributed by atoms with E-state index >= 15 is 0 Å². The summed E-state index contributed by atoms with van der Waals surface area (Å²) in [7, 11) is 4.02. The van der Waals surface area contributed by atoms with Gasteiger partial charge in [-0.3, -0.25) is 4.79 Å². The number of rotatable bonds is 6. The number of nitrogens with zero attached hydrogens (tertiary/aromatic N) is 2. The summed E-state index contributed by atoms with van der Waals surface area (Å²) in [6.07, 6.45) is 5.46. The monoisotopic (exact) mass is 534 g/mol. The van der Waals surface area contributed by atoms with Gasteiger partial charge in [0.15, 0.2) is 11.4 Å². The third-order valence-electron chi connectivity index (χ3n) is 8.10. The highest BCUT2D eigenvalue weighted by molar-refractivity contribution is 6.08. The summed E-state index contributed by atoms with van der Waals surface area (Å²) in [5, 5.41) is 2.89. The SMILES string of the molecule is C=[N+]1C(=CC(=CC2=[N+](C)c3ccccc3C2(C)C)c2ccc(C=O)cc2)C(C)(C)c2ccccc21.CNCCN. The first-order valence-electron chi connectivity index (χ1n) is 13.8. The lowest BCUT2D eigenvalue weighted by Gasteiger charge is -2.18. The number of aldehydes is 1. The molecular formula is C35H42N4O+2. The van der Waals surface area contributed by atoms with E-state index in [0.717, 1.165) is 41.9 Å². The molecule has 0 radical (unpaired) electrons. The van der Waals surface area contributed by atoms with Crippen LogP contribution in [0.2, 0.25) is 0 Å². The van der Waals surface area contributed by atoms with Crippen molar-refractivity contribution < 1.29 is 13.9 Å². The van der Waals surface area contributed by atoms with Crippen LogP contribution in [0.1, 0.15) is 54.7 Å². The topological polar surface area (TPSA) is 61.1 Å². The predicted octanol–water partition coefficient (Wildman–Crippen LogP) is 5.97. The molecule has 2 aliphatic heterocycles. The van der Waals surface area contributed by atoms with Gasteiger partial charge in [0.05, 0.1) is 10.8 Å². The molecule has 5 rings (SSSR count). The van der Waals surface area contributed by atoms with Gasteiger partial charge in [-0.25, -0.2) is 0 Å². The number of allylic oxidation sites excluding steroid dienone is 4. The molecule has 0 fully saturated rings. The Balaban J connectivity index is 0.000000681. The lowest BCUT2D eigenvalue weighted by Crippen LogP contribution is -2.27. The van der Waals surface area contributed by atoms with Crippen molar-refractivity contribution in [2.24, 2.45) is 5.73 Å². The van der Waals surface area contributed by atoms with E-state index in [1.165, 1.54) is 22.5 Å². The lowest BCUT2D eigenvalue weighted by atomic mass is 9.80. The number of benzene rings is 3. The van der Waals surface area contributed by atoms with Crippen LogP contribution in [0.4, 0.5) is 11.4 Å². The van der Waals surface area contributed by atoms with E-state index < -0.39 is 0 Å². The maximum atomic E-state index is 11.3. The van der Waals surface area contributed by atoms with Crippen LogP contribution in [-0.2, 0) is 10.8 Å². The highest BCUT2D eigenvalue weighted by Gasteiger charge is 2.46. The van der Waals surface area contributed by atoms with E-state index in [0.29, 0.717) is 5.56 Å². The van der Waals surface area contributed by atoms with Crippen LogP contribution in [0, 0.1) is 0 Å². The molecule has 0 amide bonds. The minimum atomic E-state index is -0.190. The second-order valence-electron chi connectivity index (χ2n) is 11.4. The first kappa shape index (κ1) is 29.1. The summed E-state index contributed by atoms with van der Waals surface area (Å²) in [6, 6.07) is 24.9. The largest absolute Gasteiger partial charge is 0.329 e. The molecule has 3 aromatic carbocycles. The average molecular weight is 535 g/mol. The van der Waals surface area contributed by atoms with Crippen LogP contribution in [0.25, 0.3) is 5.57 Å². The predicted molar refractivity (Wildman–Crippen MR) is 168 cm³/mol. The Labute approximate surface area is 239 Å². The van der Waals surface area contributed by atoms with Crippen LogP contribution in [0.5, 0.6) is 0 Å². The second kappa shape index (κ2) is 11.7. The first-order chi connectivity index (χ1) is 19.1. The van der Waals surface area contributed by atoms with Gasteiger partial charge in [0.1, 0.15) is 20.1 Å². The molecule has 40 heavy (non-hydrogen) atoms. The van der Waals surface area contributed by atoms with E-state index in [4.69, 9.17) is 5.73 Å². The number of carbonyl (C=O) groups excluding carboxylic acids is 1. The molecule has 2 aliphatic rings. The van der Waals surface area contributed by atoms with Gasteiger partial charge < -0.3 is 11.1 Å². The molecule has 0 bridgehead atoms. The number of nitrogens with one attached hydrogen (secondary N) is 1. The van der Waals surface area contributed by atoms with Crippen molar-refractivity contribution in [1.82, 2.24) is 5.32 Å². The molecule has 0 unspecified atom stereocenters. The molecule has 0 spiro atoms. The van der Waals surface area contributed by atoms with Crippen molar-refractivity contribution in [3.8, 4) is 0 Å². The Bertz CT molecular complexity index is 1520. The lowest BCUT2D eigenvalue weighted by molar-refractivity contribution is -0.401. The van der Waals surface area contributed by atoms with Crippen molar-refractivity contribution in [3.63, 3.8) is 0 Å². The van der Waals surface area contributed by atoms with Crippen molar-refractivity contribution in [2.45, 2.75) is 38.5 Å². The molecule has 3 N–H and O–H groups in total. The van der Waals surface area contributed by atoms with Gasteiger partial charge in [-0.05, 0) is 45.9 Å². The van der Waals surface area contributed by atoms with Gasteiger partial charge in [-0.2, -0.15) is 9.15 Å². The standard InChI is InChI=1S/C32H32N2O.C3H10N2/c1-31(2)25-11-7-9-13-27(25)33(5)29(31)19-24(23-17-15-22(21-35)16-18-23)20-30-32(3,4)26-12-8-10-14-28(26)34(30)6;1-5-3-2-4/h7-21H,5H2,1-4,6H3;5H,2-4H2,1H3/q+2;. The first-order valence-corrected chi connectivity index (χ1v) is 13.8. The minimum absolute atomic E-state index is 0.143. The molecule has 0 aromatic heterocycles. The third kappa shape index (κ3) is 5.27. The van der Waals surface area contributed by atoms with Crippen molar-refractivity contribution in [1.29, 1.82) is 0 Å². The maximum Gasteiger partial charge on any atom is 0.214 e. The number of para-hydroxylation sites is 2. The quantitative estimate of drug-likeness (QED) is 0.302. The van der Waals surface area contributed by atoms with Gasteiger partial charge in [0.25, 0.3) is 0 Å². The molecule has 2 heterocycles. The van der Waals surface area contributed by atoms with Gasteiger partial charge >= 0.3 is 0 Å². The molecular weight excluding hydrogens is 492 g/mol. The summed E-state index contributed by atoms with van der Waals surface area (Å²) in [4.78, 5) is 11.3. The second-order valence-corrected chi connectivity index (χ2v) is 11.4. The fraction of sp³-hybridized carbons (Fsp3) is 0.286. The summed E-state index contributed by atoms with van der Waals surface area (Å²) in [5.41, 5.74) is 14.9. The zero-order valence-corrected chi connectivity index (χ0v) is 24.7. The molecule has 3 aromatic rings. The zero-order valence-electron chi connectivity index (χ0n) is 24.7. The van der Waals surface area contributed by atoms with Gasteiger partial charge in [0, 0.05) is 54.1 Å². The normalized spacial score (nSPS) is 17.8. The fourth-order valence-electron chi connectivity index (χ4n) is 5.76. The summed E-state index contributed by atoms with van der Waals surface area (Å²) >= 11 is 0. The molecule has 206 valence electrons. The fourth-order valence-corrected chi connectivity index (χ4v) is 5.76. The van der Waals surface area contributed by atoms with Crippen LogP contribution < -0.4 is 11.1 Å². The summed E-state index contributed by atoms with van der Waals surface area (Å²) < 4.78 is 4.36. The number of likely N-dealkylation sites (N-methyl/N-ethyl adjacent to an activating group) is 1. The van der Waals surface area contributed by atoms with Gasteiger partial charge in [0.2, 0.25) is 11.4 Å². The number of carbonyl (C=O) groups is 1. The average Bonchev–Trinajstić information content (AvgIpc) is 3.27. The summed E-state index contributed by atoms with van der Waals surface area (Å²) in [5.74, 6) is 0. The van der Waals surface area contributed by atoms with Crippen molar-refractivity contribution in [2.75, 3.05) is 27.2 Å². The van der Waals surface area contributed by atoms with Crippen LogP contribution in [0.15, 0.2) is 90.6 Å². The molecule has 0 atom stereocenters. The van der Waals surface area contributed by atoms with E-state index in [1.807, 2.05) is 31.3 Å². The van der Waals surface area contributed by atoms with E-state index in [1.54, 1.807) is 0 Å². The molecule has 0 aliphatic carbocycles. The third-order valence-corrected chi connectivity index (χ3v) is 8.10. The Kier molecular flexibility index (Phi) is 8.48. The highest BCUT2D eigenvalue weighted by Crippen LogP contribution is 2.47. The van der Waals surface area contributed by atoms with Crippen molar-refractivity contribution >= 4 is 35.7 Å². The van der Waals surface area contributed by atoms with Crippen LogP contribution in [0.3, 0.4) is 0 Å². The number of hydrogen-bond donors (Lipinski definition) is 2. The highest BCUT2D eigenvalue weighted by atomic mass is 16.1. The zero-order chi connectivity index (χ0) is 29.1. The molecule has 0 saturated carbocycles. The van der Waals surface area contributed by atoms with Crippen LogP contribution >= 0.6 is 0 Å². The number of fused-ring (bicyclic) bond motifs is 2. The Morgan fingerprint density at radius 2 is 1.48 bits per heavy atom.